The van der Waals surface area contributed by atoms with Gasteiger partial charge in [-0.3, -0.25) is 9.69 Å². The lowest BCUT2D eigenvalue weighted by molar-refractivity contribution is -0.124. The van der Waals surface area contributed by atoms with Gasteiger partial charge in [0.05, 0.1) is 0 Å². The van der Waals surface area contributed by atoms with Gasteiger partial charge >= 0.3 is 6.03 Å². The molecule has 2 aromatic carbocycles. The number of amides is 3. The SMILES string of the molecule is NC(=O)[C@@H](c1ccccc1)N1CCN(C(=O)Nc2ccc(Cl)cc2)CC1. The molecule has 26 heavy (non-hydrogen) atoms. The molecule has 1 aliphatic rings. The minimum atomic E-state index is -0.474. The second-order valence-corrected chi connectivity index (χ2v) is 6.61. The summed E-state index contributed by atoms with van der Waals surface area (Å²) >= 11 is 5.85. The third kappa shape index (κ3) is 4.33. The van der Waals surface area contributed by atoms with Crippen molar-refractivity contribution in [1.29, 1.82) is 0 Å². The highest BCUT2D eigenvalue weighted by atomic mass is 35.5. The predicted octanol–water partition coefficient (Wildman–Crippen LogP) is 2.72. The molecule has 3 amide bonds. The van der Waals surface area contributed by atoms with Gasteiger partial charge in [0.25, 0.3) is 0 Å². The van der Waals surface area contributed by atoms with Crippen LogP contribution < -0.4 is 11.1 Å². The van der Waals surface area contributed by atoms with Gasteiger partial charge in [-0.05, 0) is 29.8 Å². The summed E-state index contributed by atoms with van der Waals surface area (Å²) in [5.41, 5.74) is 7.19. The van der Waals surface area contributed by atoms with Crippen molar-refractivity contribution >= 4 is 29.2 Å². The van der Waals surface area contributed by atoms with Crippen LogP contribution in [0.1, 0.15) is 11.6 Å². The minimum Gasteiger partial charge on any atom is -0.368 e. The number of carbonyl (C=O) groups excluding carboxylic acids is 2. The van der Waals surface area contributed by atoms with Gasteiger partial charge in [0.1, 0.15) is 6.04 Å². The molecule has 1 fully saturated rings. The third-order valence-electron chi connectivity index (χ3n) is 4.45. The molecule has 7 heteroatoms. The smallest absolute Gasteiger partial charge is 0.321 e. The maximum Gasteiger partial charge on any atom is 0.321 e. The first kappa shape index (κ1) is 18.2. The number of nitrogens with zero attached hydrogens (tertiary/aromatic N) is 2. The number of nitrogens with one attached hydrogen (secondary N) is 1. The number of benzene rings is 2. The standard InChI is InChI=1S/C19H21ClN4O2/c20-15-6-8-16(9-7-15)22-19(26)24-12-10-23(11-13-24)17(18(21)25)14-4-2-1-3-5-14/h1-9,17H,10-13H2,(H2,21,25)(H,22,26)/t17-/m1/s1. The van der Waals surface area contributed by atoms with Gasteiger partial charge in [-0.2, -0.15) is 0 Å². The minimum absolute atomic E-state index is 0.165. The van der Waals surface area contributed by atoms with Crippen molar-refractivity contribution in [2.75, 3.05) is 31.5 Å². The first-order valence-corrected chi connectivity index (χ1v) is 8.82. The molecule has 6 nitrogen and oxygen atoms in total. The Balaban J connectivity index is 1.60. The molecular weight excluding hydrogens is 352 g/mol. The van der Waals surface area contributed by atoms with Crippen LogP contribution in [0.25, 0.3) is 0 Å². The topological polar surface area (TPSA) is 78.7 Å². The zero-order valence-corrected chi connectivity index (χ0v) is 15.0. The second kappa shape index (κ2) is 8.21. The summed E-state index contributed by atoms with van der Waals surface area (Å²) in [6.45, 7) is 2.21. The van der Waals surface area contributed by atoms with Crippen molar-refractivity contribution in [3.63, 3.8) is 0 Å². The zero-order chi connectivity index (χ0) is 18.5. The van der Waals surface area contributed by atoms with E-state index in [2.05, 4.69) is 5.32 Å². The van der Waals surface area contributed by atoms with Gasteiger partial charge < -0.3 is 16.0 Å². The Labute approximate surface area is 157 Å². The van der Waals surface area contributed by atoms with E-state index in [1.165, 1.54) is 0 Å². The molecular formula is C19H21ClN4O2. The van der Waals surface area contributed by atoms with E-state index >= 15 is 0 Å². The molecule has 3 N–H and O–H groups in total. The fourth-order valence-corrected chi connectivity index (χ4v) is 3.24. The largest absolute Gasteiger partial charge is 0.368 e. The number of hydrogen-bond acceptors (Lipinski definition) is 3. The Morgan fingerprint density at radius 1 is 0.962 bits per heavy atom. The predicted molar refractivity (Wildman–Crippen MR) is 102 cm³/mol. The fourth-order valence-electron chi connectivity index (χ4n) is 3.11. The number of anilines is 1. The molecule has 0 aliphatic carbocycles. The normalized spacial score (nSPS) is 16.1. The molecule has 0 saturated carbocycles. The molecule has 0 spiro atoms. The van der Waals surface area contributed by atoms with Crippen LogP contribution in [0.15, 0.2) is 54.6 Å². The van der Waals surface area contributed by atoms with E-state index in [9.17, 15) is 9.59 Å². The molecule has 3 rings (SSSR count). The number of rotatable bonds is 4. The highest BCUT2D eigenvalue weighted by Gasteiger charge is 2.30. The van der Waals surface area contributed by atoms with E-state index in [0.29, 0.717) is 36.9 Å². The summed E-state index contributed by atoms with van der Waals surface area (Å²) in [4.78, 5) is 28.1. The van der Waals surface area contributed by atoms with Gasteiger partial charge in [0.2, 0.25) is 5.91 Å². The van der Waals surface area contributed by atoms with E-state index < -0.39 is 6.04 Å². The van der Waals surface area contributed by atoms with E-state index in [1.54, 1.807) is 29.2 Å². The summed E-state index contributed by atoms with van der Waals surface area (Å²) < 4.78 is 0. The average Bonchev–Trinajstić information content (AvgIpc) is 2.65. The molecule has 1 aliphatic heterocycles. The van der Waals surface area contributed by atoms with Crippen molar-refractivity contribution in [2.45, 2.75) is 6.04 Å². The Morgan fingerprint density at radius 2 is 1.58 bits per heavy atom. The number of nitrogens with two attached hydrogens (primary N) is 1. The molecule has 0 radical (unpaired) electrons. The highest BCUT2D eigenvalue weighted by Crippen LogP contribution is 2.22. The average molecular weight is 373 g/mol. The van der Waals surface area contributed by atoms with Crippen LogP contribution in [0, 0.1) is 0 Å². The fraction of sp³-hybridized carbons (Fsp3) is 0.263. The number of carbonyl (C=O) groups is 2. The number of piperazine rings is 1. The van der Waals surface area contributed by atoms with E-state index in [4.69, 9.17) is 17.3 Å². The van der Waals surface area contributed by atoms with E-state index in [1.807, 2.05) is 35.2 Å². The van der Waals surface area contributed by atoms with Crippen LogP contribution in [0.4, 0.5) is 10.5 Å². The van der Waals surface area contributed by atoms with Crippen LogP contribution in [-0.4, -0.2) is 47.9 Å². The first-order valence-electron chi connectivity index (χ1n) is 8.44. The Bertz CT molecular complexity index is 759. The summed E-state index contributed by atoms with van der Waals surface area (Å²) in [6, 6.07) is 15.8. The van der Waals surface area contributed by atoms with E-state index in [0.717, 1.165) is 5.56 Å². The van der Waals surface area contributed by atoms with Crippen LogP contribution >= 0.6 is 11.6 Å². The Morgan fingerprint density at radius 3 is 2.15 bits per heavy atom. The van der Waals surface area contributed by atoms with Crippen LogP contribution in [0.5, 0.6) is 0 Å². The van der Waals surface area contributed by atoms with Gasteiger partial charge in [0, 0.05) is 36.9 Å². The monoisotopic (exact) mass is 372 g/mol. The molecule has 0 bridgehead atoms. The van der Waals surface area contributed by atoms with Gasteiger partial charge in [0.15, 0.2) is 0 Å². The lowest BCUT2D eigenvalue weighted by atomic mass is 10.0. The Kier molecular flexibility index (Phi) is 5.75. The molecule has 0 aromatic heterocycles. The first-order chi connectivity index (χ1) is 12.5. The van der Waals surface area contributed by atoms with Crippen LogP contribution in [0.3, 0.4) is 0 Å². The molecule has 1 atom stereocenters. The van der Waals surface area contributed by atoms with Gasteiger partial charge in [-0.25, -0.2) is 4.79 Å². The molecule has 1 heterocycles. The van der Waals surface area contributed by atoms with Crippen molar-refractivity contribution in [1.82, 2.24) is 9.80 Å². The van der Waals surface area contributed by atoms with Crippen molar-refractivity contribution < 1.29 is 9.59 Å². The molecule has 2 aromatic rings. The maximum absolute atomic E-state index is 12.4. The maximum atomic E-state index is 12.4. The highest BCUT2D eigenvalue weighted by molar-refractivity contribution is 6.30. The van der Waals surface area contributed by atoms with Gasteiger partial charge in [-0.15, -0.1) is 0 Å². The number of hydrogen-bond donors (Lipinski definition) is 2. The molecule has 0 unspecified atom stereocenters. The quantitative estimate of drug-likeness (QED) is 0.866. The summed E-state index contributed by atoms with van der Waals surface area (Å²) in [5.74, 6) is -0.379. The number of urea groups is 1. The van der Waals surface area contributed by atoms with Crippen LogP contribution in [-0.2, 0) is 4.79 Å². The number of halogens is 1. The van der Waals surface area contributed by atoms with Crippen molar-refractivity contribution in [3.05, 3.63) is 65.2 Å². The zero-order valence-electron chi connectivity index (χ0n) is 14.3. The summed E-state index contributed by atoms with van der Waals surface area (Å²) in [5, 5.41) is 3.48. The third-order valence-corrected chi connectivity index (χ3v) is 4.70. The summed E-state index contributed by atoms with van der Waals surface area (Å²) in [6.07, 6.45) is 0. The number of primary amides is 1. The second-order valence-electron chi connectivity index (χ2n) is 6.18. The lowest BCUT2D eigenvalue weighted by Gasteiger charge is -2.38. The van der Waals surface area contributed by atoms with Crippen molar-refractivity contribution in [2.24, 2.45) is 5.73 Å². The summed E-state index contributed by atoms with van der Waals surface area (Å²) in [7, 11) is 0. The molecule has 1 saturated heterocycles. The van der Waals surface area contributed by atoms with Gasteiger partial charge in [-0.1, -0.05) is 41.9 Å². The van der Waals surface area contributed by atoms with Crippen molar-refractivity contribution in [3.8, 4) is 0 Å². The lowest BCUT2D eigenvalue weighted by Crippen LogP contribution is -2.52. The van der Waals surface area contributed by atoms with E-state index in [-0.39, 0.29) is 11.9 Å². The molecule has 136 valence electrons. The Hall–Kier alpha value is -2.57. The van der Waals surface area contributed by atoms with Crippen LogP contribution in [0.2, 0.25) is 5.02 Å².